The van der Waals surface area contributed by atoms with Crippen LogP contribution in [0.3, 0.4) is 0 Å². The van der Waals surface area contributed by atoms with E-state index in [1.165, 1.54) is 16.9 Å². The van der Waals surface area contributed by atoms with Gasteiger partial charge in [0.15, 0.2) is 0 Å². The maximum absolute atomic E-state index is 12.0. The summed E-state index contributed by atoms with van der Waals surface area (Å²) >= 11 is 4.90. The molecule has 0 aliphatic heterocycles. The van der Waals surface area contributed by atoms with Gasteiger partial charge in [0.1, 0.15) is 16.6 Å². The smallest absolute Gasteiger partial charge is 0.229 e. The number of aromatic hydroxyl groups is 1. The van der Waals surface area contributed by atoms with E-state index in [4.69, 9.17) is 18.0 Å². The van der Waals surface area contributed by atoms with Gasteiger partial charge in [-0.25, -0.2) is 0 Å². The second kappa shape index (κ2) is 5.70. The monoisotopic (exact) mass is 290 g/mol. The highest BCUT2D eigenvalue weighted by atomic mass is 32.1. The van der Waals surface area contributed by atoms with Gasteiger partial charge in [-0.05, 0) is 17.7 Å². The molecule has 0 fully saturated rings. The van der Waals surface area contributed by atoms with Crippen LogP contribution in [0.25, 0.3) is 0 Å². The van der Waals surface area contributed by atoms with Crippen molar-refractivity contribution >= 4 is 28.9 Å². The Morgan fingerprint density at radius 2 is 2.30 bits per heavy atom. The zero-order chi connectivity index (χ0) is 14.7. The number of phenols is 1. The van der Waals surface area contributed by atoms with E-state index in [0.717, 1.165) is 0 Å². The largest absolute Gasteiger partial charge is 0.508 e. The number of rotatable bonds is 4. The van der Waals surface area contributed by atoms with Gasteiger partial charge in [0, 0.05) is 7.05 Å². The number of hydrogen-bond donors (Lipinski definition) is 3. The van der Waals surface area contributed by atoms with Crippen LogP contribution >= 0.6 is 12.2 Å². The number of thiocarbonyl (C=S) groups is 1. The molecular formula is C13H14N4O2S. The quantitative estimate of drug-likeness (QED) is 0.729. The highest BCUT2D eigenvalue weighted by Crippen LogP contribution is 2.15. The molecule has 1 heterocycles. The molecule has 0 bridgehead atoms. The number of nitrogens with one attached hydrogen (secondary N) is 1. The zero-order valence-corrected chi connectivity index (χ0v) is 11.6. The van der Waals surface area contributed by atoms with Gasteiger partial charge in [-0.1, -0.05) is 24.4 Å². The molecule has 7 heteroatoms. The van der Waals surface area contributed by atoms with Crippen LogP contribution in [0.5, 0.6) is 5.75 Å². The summed E-state index contributed by atoms with van der Waals surface area (Å²) in [5, 5.41) is 16.1. The number of nitrogens with two attached hydrogens (primary N) is 1. The molecular weight excluding hydrogens is 276 g/mol. The van der Waals surface area contributed by atoms with Crippen molar-refractivity contribution in [2.45, 2.75) is 6.42 Å². The summed E-state index contributed by atoms with van der Waals surface area (Å²) < 4.78 is 1.49. The third-order valence-corrected chi connectivity index (χ3v) is 2.96. The number of phenolic OH excluding ortho intramolecular Hbond substituents is 1. The Morgan fingerprint density at radius 1 is 1.55 bits per heavy atom. The molecule has 1 aromatic heterocycles. The van der Waals surface area contributed by atoms with E-state index in [0.29, 0.717) is 16.9 Å². The van der Waals surface area contributed by atoms with Crippen molar-refractivity contribution in [1.29, 1.82) is 0 Å². The van der Waals surface area contributed by atoms with Crippen LogP contribution in [0, 0.1) is 0 Å². The summed E-state index contributed by atoms with van der Waals surface area (Å²) in [4.78, 5) is 12.2. The lowest BCUT2D eigenvalue weighted by atomic mass is 10.1. The molecule has 0 saturated carbocycles. The third kappa shape index (κ3) is 3.12. The fourth-order valence-electron chi connectivity index (χ4n) is 1.79. The zero-order valence-electron chi connectivity index (χ0n) is 10.8. The average Bonchev–Trinajstić information content (AvgIpc) is 2.71. The van der Waals surface area contributed by atoms with E-state index >= 15 is 0 Å². The van der Waals surface area contributed by atoms with Crippen molar-refractivity contribution in [2.75, 3.05) is 5.32 Å². The number of nitrogens with zero attached hydrogens (tertiary/aromatic N) is 2. The second-order valence-electron chi connectivity index (χ2n) is 4.29. The minimum atomic E-state index is -0.239. The maximum atomic E-state index is 12.0. The number of anilines is 1. The van der Waals surface area contributed by atoms with Crippen molar-refractivity contribution in [3.8, 4) is 5.75 Å². The van der Waals surface area contributed by atoms with E-state index in [9.17, 15) is 9.90 Å². The number of carbonyl (C=O) groups excluding carboxylic acids is 1. The minimum Gasteiger partial charge on any atom is -0.508 e. The molecule has 2 aromatic rings. The van der Waals surface area contributed by atoms with Crippen LogP contribution < -0.4 is 11.1 Å². The highest BCUT2D eigenvalue weighted by molar-refractivity contribution is 7.80. The molecule has 20 heavy (non-hydrogen) atoms. The first-order chi connectivity index (χ1) is 9.47. The molecule has 0 aliphatic carbocycles. The third-order valence-electron chi connectivity index (χ3n) is 2.74. The van der Waals surface area contributed by atoms with Crippen LogP contribution in [-0.4, -0.2) is 25.8 Å². The fourth-order valence-corrected chi connectivity index (χ4v) is 1.94. The summed E-state index contributed by atoms with van der Waals surface area (Å²) in [6.07, 6.45) is 1.64. The Hall–Kier alpha value is -2.41. The van der Waals surface area contributed by atoms with Gasteiger partial charge in [0.25, 0.3) is 0 Å². The number of aromatic nitrogens is 2. The Labute approximate surface area is 121 Å². The summed E-state index contributed by atoms with van der Waals surface area (Å²) in [6, 6.07) is 6.53. The predicted octanol–water partition coefficient (Wildman–Crippen LogP) is 0.941. The number of benzene rings is 1. The first kappa shape index (κ1) is 14.0. The van der Waals surface area contributed by atoms with E-state index < -0.39 is 0 Å². The number of carbonyl (C=O) groups is 1. The molecule has 2 rings (SSSR count). The Bertz CT molecular complexity index is 666. The van der Waals surface area contributed by atoms with Gasteiger partial charge in [0.05, 0.1) is 18.2 Å². The second-order valence-corrected chi connectivity index (χ2v) is 4.73. The first-order valence-electron chi connectivity index (χ1n) is 5.87. The van der Waals surface area contributed by atoms with Crippen LogP contribution in [0.1, 0.15) is 11.1 Å². The first-order valence-corrected chi connectivity index (χ1v) is 6.27. The Morgan fingerprint density at radius 3 is 2.95 bits per heavy atom. The average molecular weight is 290 g/mol. The SMILES string of the molecule is Cn1ncc(C(N)=S)c1NC(=O)Cc1cccc(O)c1. The molecule has 0 aliphatic rings. The highest BCUT2D eigenvalue weighted by Gasteiger charge is 2.14. The number of amides is 1. The summed E-state index contributed by atoms with van der Waals surface area (Å²) in [5.74, 6) is 0.346. The lowest BCUT2D eigenvalue weighted by Gasteiger charge is -2.08. The number of hydrogen-bond acceptors (Lipinski definition) is 4. The molecule has 0 unspecified atom stereocenters. The van der Waals surface area contributed by atoms with Gasteiger partial charge < -0.3 is 16.2 Å². The van der Waals surface area contributed by atoms with Gasteiger partial charge in [-0.2, -0.15) is 5.10 Å². The standard InChI is InChI=1S/C13H14N4O2S/c1-17-13(10(7-15-17)12(14)20)16-11(19)6-8-3-2-4-9(18)5-8/h2-5,7,18H,6H2,1H3,(H2,14,20)(H,16,19). The molecule has 1 amide bonds. The van der Waals surface area contributed by atoms with Crippen molar-refractivity contribution in [3.63, 3.8) is 0 Å². The Balaban J connectivity index is 2.12. The molecule has 0 atom stereocenters. The van der Waals surface area contributed by atoms with Gasteiger partial charge in [-0.15, -0.1) is 0 Å². The molecule has 0 spiro atoms. The Kier molecular flexibility index (Phi) is 3.99. The topological polar surface area (TPSA) is 93.2 Å². The molecule has 4 N–H and O–H groups in total. The van der Waals surface area contributed by atoms with Crippen LogP contribution in [-0.2, 0) is 18.3 Å². The van der Waals surface area contributed by atoms with Crippen LogP contribution in [0.2, 0.25) is 0 Å². The van der Waals surface area contributed by atoms with Crippen molar-refractivity contribution in [1.82, 2.24) is 9.78 Å². The normalized spacial score (nSPS) is 10.2. The maximum Gasteiger partial charge on any atom is 0.229 e. The van der Waals surface area contributed by atoms with E-state index in [1.54, 1.807) is 25.2 Å². The van der Waals surface area contributed by atoms with E-state index in [1.807, 2.05) is 0 Å². The molecule has 104 valence electrons. The lowest BCUT2D eigenvalue weighted by Crippen LogP contribution is -2.20. The number of aryl methyl sites for hydroxylation is 1. The molecule has 1 aromatic carbocycles. The van der Waals surface area contributed by atoms with Crippen molar-refractivity contribution in [2.24, 2.45) is 12.8 Å². The van der Waals surface area contributed by atoms with Crippen molar-refractivity contribution < 1.29 is 9.90 Å². The van der Waals surface area contributed by atoms with E-state index in [2.05, 4.69) is 10.4 Å². The molecule has 0 saturated heterocycles. The van der Waals surface area contributed by atoms with Gasteiger partial charge >= 0.3 is 0 Å². The van der Waals surface area contributed by atoms with Crippen LogP contribution in [0.4, 0.5) is 5.82 Å². The minimum absolute atomic E-state index is 0.125. The molecule has 0 radical (unpaired) electrons. The lowest BCUT2D eigenvalue weighted by molar-refractivity contribution is -0.115. The molecule has 6 nitrogen and oxygen atoms in total. The van der Waals surface area contributed by atoms with E-state index in [-0.39, 0.29) is 23.1 Å². The summed E-state index contributed by atoms with van der Waals surface area (Å²) in [7, 11) is 1.69. The summed E-state index contributed by atoms with van der Waals surface area (Å²) in [6.45, 7) is 0. The predicted molar refractivity (Wildman–Crippen MR) is 79.5 cm³/mol. The summed E-state index contributed by atoms with van der Waals surface area (Å²) in [5.41, 5.74) is 6.80. The fraction of sp³-hybridized carbons (Fsp3) is 0.154. The van der Waals surface area contributed by atoms with Gasteiger partial charge in [-0.3, -0.25) is 9.48 Å². The van der Waals surface area contributed by atoms with Gasteiger partial charge in [0.2, 0.25) is 5.91 Å². The van der Waals surface area contributed by atoms with Crippen LogP contribution in [0.15, 0.2) is 30.5 Å². The van der Waals surface area contributed by atoms with Crippen molar-refractivity contribution in [3.05, 3.63) is 41.6 Å².